The SMILES string of the molecule is Cc1ccc(OCC(=O)Nc2cccc(CNC(=O)CCNC(=O)OC(C)(C)C)c2)c(C(C)(C)C)c1. The number of aryl methyl sites for hydroxylation is 1. The molecule has 3 amide bonds. The van der Waals surface area contributed by atoms with Gasteiger partial charge in [0.25, 0.3) is 5.91 Å². The van der Waals surface area contributed by atoms with Crippen LogP contribution in [-0.2, 0) is 26.3 Å². The van der Waals surface area contributed by atoms with Crippen molar-refractivity contribution in [1.82, 2.24) is 10.6 Å². The lowest BCUT2D eigenvalue weighted by Crippen LogP contribution is -2.35. The van der Waals surface area contributed by atoms with E-state index in [1.165, 1.54) is 0 Å². The zero-order chi connectivity index (χ0) is 26.9. The first kappa shape index (κ1) is 28.7. The summed E-state index contributed by atoms with van der Waals surface area (Å²) < 4.78 is 11.0. The number of alkyl carbamates (subject to hydrolysis) is 1. The molecule has 3 N–H and O–H groups in total. The Kier molecular flexibility index (Phi) is 9.90. The summed E-state index contributed by atoms with van der Waals surface area (Å²) in [7, 11) is 0. The molecule has 0 bridgehead atoms. The molecule has 2 aromatic carbocycles. The van der Waals surface area contributed by atoms with Crippen molar-refractivity contribution < 1.29 is 23.9 Å². The number of nitrogens with one attached hydrogen (secondary N) is 3. The second kappa shape index (κ2) is 12.4. The number of benzene rings is 2. The van der Waals surface area contributed by atoms with Gasteiger partial charge in [0.1, 0.15) is 11.4 Å². The predicted molar refractivity (Wildman–Crippen MR) is 141 cm³/mol. The van der Waals surface area contributed by atoms with Gasteiger partial charge in [0, 0.05) is 25.2 Å². The highest BCUT2D eigenvalue weighted by Gasteiger charge is 2.20. The highest BCUT2D eigenvalue weighted by atomic mass is 16.6. The van der Waals surface area contributed by atoms with E-state index in [1.54, 1.807) is 39.0 Å². The van der Waals surface area contributed by atoms with E-state index in [9.17, 15) is 14.4 Å². The van der Waals surface area contributed by atoms with E-state index in [4.69, 9.17) is 9.47 Å². The van der Waals surface area contributed by atoms with Crippen molar-refractivity contribution in [3.8, 4) is 5.75 Å². The molecule has 196 valence electrons. The smallest absolute Gasteiger partial charge is 0.407 e. The van der Waals surface area contributed by atoms with Crippen LogP contribution in [0.2, 0.25) is 0 Å². The molecule has 8 nitrogen and oxygen atoms in total. The first-order valence-corrected chi connectivity index (χ1v) is 12.1. The van der Waals surface area contributed by atoms with Crippen LogP contribution >= 0.6 is 0 Å². The highest BCUT2D eigenvalue weighted by molar-refractivity contribution is 5.92. The molecule has 0 heterocycles. The van der Waals surface area contributed by atoms with Gasteiger partial charge in [0.15, 0.2) is 6.61 Å². The third kappa shape index (κ3) is 10.4. The van der Waals surface area contributed by atoms with Crippen LogP contribution in [0.5, 0.6) is 5.75 Å². The molecule has 2 aromatic rings. The largest absolute Gasteiger partial charge is 0.483 e. The molecule has 0 saturated heterocycles. The molecular formula is C28H39N3O5. The number of anilines is 1. The van der Waals surface area contributed by atoms with Crippen molar-refractivity contribution in [2.45, 2.75) is 72.4 Å². The monoisotopic (exact) mass is 497 g/mol. The number of carbonyl (C=O) groups is 3. The summed E-state index contributed by atoms with van der Waals surface area (Å²) >= 11 is 0. The second-order valence-electron chi connectivity index (χ2n) is 10.7. The van der Waals surface area contributed by atoms with Crippen LogP contribution in [0.4, 0.5) is 10.5 Å². The standard InChI is InChI=1S/C28H39N3O5/c1-19-11-12-23(22(15-19)27(2,3)4)35-18-25(33)31-21-10-8-9-20(16-21)17-30-24(32)13-14-29-26(34)36-28(5,6)7/h8-12,15-16H,13-14,17-18H2,1-7H3,(H,29,34)(H,30,32)(H,31,33). The Bertz CT molecular complexity index is 1070. The Balaban J connectivity index is 1.81. The Morgan fingerprint density at radius 1 is 0.889 bits per heavy atom. The number of ether oxygens (including phenoxy) is 2. The maximum absolute atomic E-state index is 12.5. The molecule has 0 saturated carbocycles. The molecule has 0 aliphatic rings. The quantitative estimate of drug-likeness (QED) is 0.460. The van der Waals surface area contributed by atoms with Crippen molar-refractivity contribution in [2.24, 2.45) is 0 Å². The summed E-state index contributed by atoms with van der Waals surface area (Å²) in [5.74, 6) is 0.215. The van der Waals surface area contributed by atoms with E-state index < -0.39 is 11.7 Å². The summed E-state index contributed by atoms with van der Waals surface area (Å²) in [4.78, 5) is 36.2. The zero-order valence-corrected chi connectivity index (χ0v) is 22.4. The molecule has 2 rings (SSSR count). The number of carbonyl (C=O) groups excluding carboxylic acids is 3. The average molecular weight is 498 g/mol. The molecule has 0 aromatic heterocycles. The topological polar surface area (TPSA) is 106 Å². The lowest BCUT2D eigenvalue weighted by molar-refractivity contribution is -0.121. The Labute approximate surface area is 214 Å². The molecule has 0 spiro atoms. The van der Waals surface area contributed by atoms with Gasteiger partial charge in [-0.1, -0.05) is 50.6 Å². The van der Waals surface area contributed by atoms with E-state index in [-0.39, 0.29) is 36.8 Å². The van der Waals surface area contributed by atoms with Crippen LogP contribution in [0.25, 0.3) is 0 Å². The van der Waals surface area contributed by atoms with E-state index in [2.05, 4.69) is 42.8 Å². The van der Waals surface area contributed by atoms with Gasteiger partial charge < -0.3 is 25.4 Å². The van der Waals surface area contributed by atoms with Gasteiger partial charge in [-0.3, -0.25) is 9.59 Å². The number of hydrogen-bond donors (Lipinski definition) is 3. The highest BCUT2D eigenvalue weighted by Crippen LogP contribution is 2.32. The summed E-state index contributed by atoms with van der Waals surface area (Å²) in [6.45, 7) is 14.0. The summed E-state index contributed by atoms with van der Waals surface area (Å²) in [5.41, 5.74) is 2.93. The van der Waals surface area contributed by atoms with E-state index in [0.717, 1.165) is 16.7 Å². The van der Waals surface area contributed by atoms with E-state index in [0.29, 0.717) is 18.0 Å². The maximum Gasteiger partial charge on any atom is 0.407 e. The third-order valence-electron chi connectivity index (χ3n) is 5.02. The first-order chi connectivity index (χ1) is 16.7. The van der Waals surface area contributed by atoms with E-state index in [1.807, 2.05) is 25.1 Å². The van der Waals surface area contributed by atoms with Gasteiger partial charge in [0.2, 0.25) is 5.91 Å². The molecule has 0 aliphatic heterocycles. The Hall–Kier alpha value is -3.55. The van der Waals surface area contributed by atoms with Crippen LogP contribution < -0.4 is 20.7 Å². The molecule has 0 unspecified atom stereocenters. The average Bonchev–Trinajstić information content (AvgIpc) is 2.75. The summed E-state index contributed by atoms with van der Waals surface area (Å²) in [6, 6.07) is 13.2. The number of amides is 3. The van der Waals surface area contributed by atoms with Crippen LogP contribution in [0.1, 0.15) is 64.7 Å². The molecule has 8 heteroatoms. The number of hydrogen-bond acceptors (Lipinski definition) is 5. The van der Waals surface area contributed by atoms with Crippen LogP contribution in [0.15, 0.2) is 42.5 Å². The van der Waals surface area contributed by atoms with Gasteiger partial charge in [-0.05, 0) is 62.4 Å². The maximum atomic E-state index is 12.5. The Morgan fingerprint density at radius 2 is 1.61 bits per heavy atom. The minimum absolute atomic E-state index is 0.109. The minimum atomic E-state index is -0.588. The van der Waals surface area contributed by atoms with Gasteiger partial charge >= 0.3 is 6.09 Å². The fourth-order valence-electron chi connectivity index (χ4n) is 3.34. The fraction of sp³-hybridized carbons (Fsp3) is 0.464. The first-order valence-electron chi connectivity index (χ1n) is 12.1. The normalized spacial score (nSPS) is 11.4. The van der Waals surface area contributed by atoms with Crippen LogP contribution in [0, 0.1) is 6.92 Å². The van der Waals surface area contributed by atoms with Crippen LogP contribution in [0.3, 0.4) is 0 Å². The number of rotatable bonds is 9. The van der Waals surface area contributed by atoms with Crippen molar-refractivity contribution in [3.05, 3.63) is 59.2 Å². The predicted octanol–water partition coefficient (Wildman–Crippen LogP) is 4.84. The van der Waals surface area contributed by atoms with Crippen molar-refractivity contribution in [2.75, 3.05) is 18.5 Å². The van der Waals surface area contributed by atoms with Gasteiger partial charge in [-0.2, -0.15) is 0 Å². The van der Waals surface area contributed by atoms with Crippen molar-refractivity contribution >= 4 is 23.6 Å². The van der Waals surface area contributed by atoms with E-state index >= 15 is 0 Å². The minimum Gasteiger partial charge on any atom is -0.483 e. The van der Waals surface area contributed by atoms with Crippen molar-refractivity contribution in [3.63, 3.8) is 0 Å². The molecule has 0 radical (unpaired) electrons. The van der Waals surface area contributed by atoms with Crippen molar-refractivity contribution in [1.29, 1.82) is 0 Å². The Morgan fingerprint density at radius 3 is 2.28 bits per heavy atom. The summed E-state index contributed by atoms with van der Waals surface area (Å²) in [6.07, 6.45) is -0.428. The molecule has 0 fully saturated rings. The fourth-order valence-corrected chi connectivity index (χ4v) is 3.34. The molecule has 0 aliphatic carbocycles. The zero-order valence-electron chi connectivity index (χ0n) is 22.4. The van der Waals surface area contributed by atoms with Gasteiger partial charge in [-0.15, -0.1) is 0 Å². The van der Waals surface area contributed by atoms with Crippen LogP contribution in [-0.4, -0.2) is 36.7 Å². The molecule has 0 atom stereocenters. The summed E-state index contributed by atoms with van der Waals surface area (Å²) in [5, 5.41) is 8.20. The molecule has 36 heavy (non-hydrogen) atoms. The third-order valence-corrected chi connectivity index (χ3v) is 5.02. The van der Waals surface area contributed by atoms with Gasteiger partial charge in [-0.25, -0.2) is 4.79 Å². The lowest BCUT2D eigenvalue weighted by atomic mass is 9.85. The molecular weight excluding hydrogens is 458 g/mol. The lowest BCUT2D eigenvalue weighted by Gasteiger charge is -2.23. The second-order valence-corrected chi connectivity index (χ2v) is 10.7. The van der Waals surface area contributed by atoms with Gasteiger partial charge in [0.05, 0.1) is 0 Å².